The van der Waals surface area contributed by atoms with Crippen LogP contribution in [0.15, 0.2) is 23.8 Å². The quantitative estimate of drug-likeness (QED) is 0.378. The molecule has 0 heterocycles. The molecule has 1 heteroatoms. The second kappa shape index (κ2) is 19.8. The summed E-state index contributed by atoms with van der Waals surface area (Å²) in [5.74, 6) is 0. The summed E-state index contributed by atoms with van der Waals surface area (Å²) in [4.78, 5) is 0. The normalized spacial score (nSPS) is 10.2. The van der Waals surface area contributed by atoms with Gasteiger partial charge in [-0.2, -0.15) is 0 Å². The molecule has 0 spiro atoms. The maximum Gasteiger partial charge on any atom is 0.0431 e. The van der Waals surface area contributed by atoms with E-state index in [1.165, 1.54) is 50.5 Å². The van der Waals surface area contributed by atoms with Crippen LogP contribution in [0, 0.1) is 0 Å². The van der Waals surface area contributed by atoms with Crippen LogP contribution in [0.1, 0.15) is 85.5 Å². The standard InChI is InChI=1S/C10H18.C8H18O/c1-4-5-6-7-8-9-10(2)3;1-2-3-4-5-6-7-8-9/h5-6,9H,4,7-8H2,1-3H3;9H,2-8H2,1H3. The van der Waals surface area contributed by atoms with E-state index in [0.29, 0.717) is 6.61 Å². The lowest BCUT2D eigenvalue weighted by molar-refractivity contribution is 0.282. The van der Waals surface area contributed by atoms with Crippen LogP contribution in [0.2, 0.25) is 0 Å². The van der Waals surface area contributed by atoms with Gasteiger partial charge in [0.1, 0.15) is 0 Å². The summed E-state index contributed by atoms with van der Waals surface area (Å²) in [6.45, 7) is 9.03. The molecule has 0 saturated heterocycles. The summed E-state index contributed by atoms with van der Waals surface area (Å²) < 4.78 is 0. The van der Waals surface area contributed by atoms with Crippen LogP contribution in [0.3, 0.4) is 0 Å². The second-order valence-electron chi connectivity index (χ2n) is 5.23. The van der Waals surface area contributed by atoms with Crippen LogP contribution in [-0.2, 0) is 0 Å². The first-order valence-electron chi connectivity index (χ1n) is 8.08. The van der Waals surface area contributed by atoms with Crippen molar-refractivity contribution in [3.05, 3.63) is 23.8 Å². The number of aliphatic hydroxyl groups is 1. The van der Waals surface area contributed by atoms with Gasteiger partial charge < -0.3 is 5.11 Å². The molecule has 0 aromatic carbocycles. The smallest absolute Gasteiger partial charge is 0.0431 e. The van der Waals surface area contributed by atoms with Crippen molar-refractivity contribution >= 4 is 0 Å². The van der Waals surface area contributed by atoms with Gasteiger partial charge in [0.05, 0.1) is 0 Å². The van der Waals surface area contributed by atoms with E-state index in [1.807, 2.05) is 0 Å². The van der Waals surface area contributed by atoms with Crippen LogP contribution in [0.5, 0.6) is 0 Å². The molecule has 0 aliphatic rings. The average Bonchev–Trinajstić information content (AvgIpc) is 2.39. The van der Waals surface area contributed by atoms with E-state index in [4.69, 9.17) is 5.11 Å². The van der Waals surface area contributed by atoms with Gasteiger partial charge in [-0.25, -0.2) is 0 Å². The van der Waals surface area contributed by atoms with Crippen LogP contribution in [-0.4, -0.2) is 11.7 Å². The monoisotopic (exact) mass is 268 g/mol. The number of unbranched alkanes of at least 4 members (excludes halogenated alkanes) is 6. The maximum atomic E-state index is 8.42. The Morgan fingerprint density at radius 3 is 2.00 bits per heavy atom. The molecule has 0 fully saturated rings. The largest absolute Gasteiger partial charge is 0.396 e. The Hall–Kier alpha value is -0.560. The summed E-state index contributed by atoms with van der Waals surface area (Å²) in [5.41, 5.74) is 1.42. The molecular formula is C18H36O. The van der Waals surface area contributed by atoms with Crippen molar-refractivity contribution in [3.63, 3.8) is 0 Å². The van der Waals surface area contributed by atoms with Gasteiger partial charge in [0.25, 0.3) is 0 Å². The Bertz CT molecular complexity index is 194. The van der Waals surface area contributed by atoms with Gasteiger partial charge in [0.2, 0.25) is 0 Å². The highest BCUT2D eigenvalue weighted by molar-refractivity contribution is 4.94. The van der Waals surface area contributed by atoms with Crippen molar-refractivity contribution in [2.75, 3.05) is 6.61 Å². The van der Waals surface area contributed by atoms with Crippen molar-refractivity contribution in [1.82, 2.24) is 0 Å². The third-order valence-corrected chi connectivity index (χ3v) is 2.80. The molecule has 114 valence electrons. The van der Waals surface area contributed by atoms with Crippen LogP contribution >= 0.6 is 0 Å². The lowest BCUT2D eigenvalue weighted by Gasteiger charge is -1.95. The molecule has 0 aliphatic heterocycles. The molecule has 0 amide bonds. The van der Waals surface area contributed by atoms with E-state index in [1.54, 1.807) is 0 Å². The molecule has 19 heavy (non-hydrogen) atoms. The van der Waals surface area contributed by atoms with Gasteiger partial charge in [-0.05, 0) is 39.5 Å². The molecule has 0 aromatic rings. The summed E-state index contributed by atoms with van der Waals surface area (Å²) in [6, 6.07) is 0. The Labute approximate surface area is 121 Å². The fraction of sp³-hybridized carbons (Fsp3) is 0.778. The molecule has 0 atom stereocenters. The molecule has 1 N–H and O–H groups in total. The Morgan fingerprint density at radius 1 is 0.842 bits per heavy atom. The highest BCUT2D eigenvalue weighted by Gasteiger charge is 1.86. The molecule has 0 aromatic heterocycles. The molecule has 1 nitrogen and oxygen atoms in total. The van der Waals surface area contributed by atoms with Gasteiger partial charge in [-0.15, -0.1) is 0 Å². The molecule has 0 aliphatic carbocycles. The third kappa shape index (κ3) is 26.9. The summed E-state index contributed by atoms with van der Waals surface area (Å²) >= 11 is 0. The number of rotatable bonds is 10. The van der Waals surface area contributed by atoms with E-state index < -0.39 is 0 Å². The van der Waals surface area contributed by atoms with E-state index >= 15 is 0 Å². The van der Waals surface area contributed by atoms with Crippen LogP contribution in [0.25, 0.3) is 0 Å². The first-order valence-corrected chi connectivity index (χ1v) is 8.08. The molecule has 0 saturated carbocycles. The number of hydrogen-bond donors (Lipinski definition) is 1. The summed E-state index contributed by atoms with van der Waals surface area (Å²) in [7, 11) is 0. The van der Waals surface area contributed by atoms with Gasteiger partial charge in [0, 0.05) is 6.61 Å². The van der Waals surface area contributed by atoms with E-state index in [2.05, 4.69) is 45.9 Å². The van der Waals surface area contributed by atoms with E-state index in [-0.39, 0.29) is 0 Å². The zero-order chi connectivity index (χ0) is 14.8. The predicted molar refractivity (Wildman–Crippen MR) is 88.6 cm³/mol. The van der Waals surface area contributed by atoms with Gasteiger partial charge in [-0.3, -0.25) is 0 Å². The minimum absolute atomic E-state index is 0.367. The number of aliphatic hydroxyl groups excluding tert-OH is 1. The maximum absolute atomic E-state index is 8.42. The molecule has 0 radical (unpaired) electrons. The average molecular weight is 268 g/mol. The van der Waals surface area contributed by atoms with Crippen molar-refractivity contribution < 1.29 is 5.11 Å². The fourth-order valence-corrected chi connectivity index (χ4v) is 1.64. The summed E-state index contributed by atoms with van der Waals surface area (Å²) in [5, 5.41) is 8.42. The van der Waals surface area contributed by atoms with Crippen molar-refractivity contribution in [1.29, 1.82) is 0 Å². The minimum atomic E-state index is 0.367. The lowest BCUT2D eigenvalue weighted by atomic mass is 10.1. The van der Waals surface area contributed by atoms with E-state index in [0.717, 1.165) is 12.8 Å². The first kappa shape index (κ1) is 20.8. The molecule has 0 bridgehead atoms. The Morgan fingerprint density at radius 2 is 1.47 bits per heavy atom. The van der Waals surface area contributed by atoms with Crippen LogP contribution < -0.4 is 0 Å². The molecule has 0 unspecified atom stereocenters. The molecular weight excluding hydrogens is 232 g/mol. The first-order chi connectivity index (χ1) is 9.18. The van der Waals surface area contributed by atoms with Gasteiger partial charge >= 0.3 is 0 Å². The fourth-order valence-electron chi connectivity index (χ4n) is 1.64. The zero-order valence-corrected chi connectivity index (χ0v) is 13.8. The van der Waals surface area contributed by atoms with E-state index in [9.17, 15) is 0 Å². The third-order valence-electron chi connectivity index (χ3n) is 2.80. The van der Waals surface area contributed by atoms with Crippen molar-refractivity contribution in [3.8, 4) is 0 Å². The van der Waals surface area contributed by atoms with Crippen molar-refractivity contribution in [2.24, 2.45) is 0 Å². The second-order valence-corrected chi connectivity index (χ2v) is 5.23. The molecule has 0 rings (SSSR count). The lowest BCUT2D eigenvalue weighted by Crippen LogP contribution is -1.82. The zero-order valence-electron chi connectivity index (χ0n) is 13.8. The van der Waals surface area contributed by atoms with Gasteiger partial charge in [0.15, 0.2) is 0 Å². The van der Waals surface area contributed by atoms with Crippen LogP contribution in [0.4, 0.5) is 0 Å². The number of allylic oxidation sites excluding steroid dienone is 4. The predicted octanol–water partition coefficient (Wildman–Crippen LogP) is 6.04. The Kier molecular flexibility index (Phi) is 21.6. The highest BCUT2D eigenvalue weighted by atomic mass is 16.2. The van der Waals surface area contributed by atoms with Gasteiger partial charge in [-0.1, -0.05) is 69.8 Å². The highest BCUT2D eigenvalue weighted by Crippen LogP contribution is 2.03. The Balaban J connectivity index is 0. The van der Waals surface area contributed by atoms with Crippen molar-refractivity contribution in [2.45, 2.75) is 85.5 Å². The SMILES string of the molecule is CCC=CCCC=C(C)C.CCCCCCCCO. The minimum Gasteiger partial charge on any atom is -0.396 e. The summed E-state index contributed by atoms with van der Waals surface area (Å²) in [6.07, 6.45) is 17.8. The number of hydrogen-bond acceptors (Lipinski definition) is 1. The topological polar surface area (TPSA) is 20.2 Å².